The Bertz CT molecular complexity index is 466. The molecule has 0 aliphatic heterocycles. The van der Waals surface area contributed by atoms with Crippen molar-refractivity contribution in [2.45, 2.75) is 39.8 Å². The van der Waals surface area contributed by atoms with E-state index in [0.717, 1.165) is 6.42 Å². The van der Waals surface area contributed by atoms with Crippen LogP contribution in [0.5, 0.6) is 0 Å². The van der Waals surface area contributed by atoms with Crippen molar-refractivity contribution in [3.63, 3.8) is 0 Å². The first-order chi connectivity index (χ1) is 8.57. The summed E-state index contributed by atoms with van der Waals surface area (Å²) in [5.74, 6) is 0.703. The molecule has 0 amide bonds. The maximum Gasteiger partial charge on any atom is 0.112 e. The molecule has 0 heterocycles. The molecule has 2 rings (SSSR count). The van der Waals surface area contributed by atoms with E-state index in [2.05, 4.69) is 69.4 Å². The van der Waals surface area contributed by atoms with E-state index >= 15 is 0 Å². The molecule has 1 atom stereocenters. The molecule has 96 valence electrons. The van der Waals surface area contributed by atoms with E-state index in [1.54, 1.807) is 16.0 Å². The zero-order valence-electron chi connectivity index (χ0n) is 12.0. The molecule has 0 saturated carbocycles. The lowest BCUT2D eigenvalue weighted by atomic mass is 10.00. The first-order valence-electron chi connectivity index (χ1n) is 7.04. The third-order valence-electron chi connectivity index (χ3n) is 4.28. The predicted octanol–water partition coefficient (Wildman–Crippen LogP) is 4.44. The topological polar surface area (TPSA) is 0 Å². The van der Waals surface area contributed by atoms with Gasteiger partial charge in [0.15, 0.2) is 0 Å². The minimum Gasteiger partial charge on any atom is -0.0808 e. The van der Waals surface area contributed by atoms with Gasteiger partial charge in [0, 0.05) is 0 Å². The van der Waals surface area contributed by atoms with E-state index in [0.29, 0.717) is 5.92 Å². The Morgan fingerprint density at radius 2 is 1.78 bits per heavy atom. The zero-order valence-corrected chi connectivity index (χ0v) is 13.0. The maximum absolute atomic E-state index is 2.48. The molecule has 0 saturated heterocycles. The molecule has 0 radical (unpaired) electrons. The number of rotatable bonds is 4. The molecule has 0 N–H and O–H groups in total. The summed E-state index contributed by atoms with van der Waals surface area (Å²) >= 11 is 0. The largest absolute Gasteiger partial charge is 0.112 e. The Kier molecular flexibility index (Phi) is 3.91. The van der Waals surface area contributed by atoms with Gasteiger partial charge in [-0.1, -0.05) is 79.8 Å². The highest BCUT2D eigenvalue weighted by Crippen LogP contribution is 2.34. The third kappa shape index (κ3) is 2.37. The fourth-order valence-electron chi connectivity index (χ4n) is 2.84. The molecule has 1 heteroatoms. The van der Waals surface area contributed by atoms with Crippen molar-refractivity contribution in [3.8, 4) is 0 Å². The molecule has 1 aromatic rings. The maximum atomic E-state index is 2.48. The fraction of sp³-hybridized carbons (Fsp3) is 0.412. The molecule has 1 aliphatic rings. The smallest absolute Gasteiger partial charge is 0.0808 e. The first kappa shape index (κ1) is 13.4. The molecule has 1 aliphatic carbocycles. The normalized spacial score (nSPS) is 17.3. The summed E-state index contributed by atoms with van der Waals surface area (Å²) in [6, 6.07) is 11.1. The summed E-state index contributed by atoms with van der Waals surface area (Å²) in [7, 11) is -1.50. The summed E-state index contributed by atoms with van der Waals surface area (Å²) < 4.78 is 0. The van der Waals surface area contributed by atoms with Crippen molar-refractivity contribution in [2.75, 3.05) is 0 Å². The van der Waals surface area contributed by atoms with Crippen LogP contribution in [0.2, 0.25) is 13.1 Å². The lowest BCUT2D eigenvalue weighted by Gasteiger charge is -2.29. The second-order valence-electron chi connectivity index (χ2n) is 5.81. The van der Waals surface area contributed by atoms with Gasteiger partial charge < -0.3 is 0 Å². The molecule has 1 aromatic carbocycles. The summed E-state index contributed by atoms with van der Waals surface area (Å²) in [6.07, 6.45) is 7.29. The highest BCUT2D eigenvalue weighted by Gasteiger charge is 2.32. The van der Waals surface area contributed by atoms with E-state index in [-0.39, 0.29) is 0 Å². The van der Waals surface area contributed by atoms with Crippen LogP contribution in [0.4, 0.5) is 0 Å². The minimum absolute atomic E-state index is 0.703. The lowest BCUT2D eigenvalue weighted by Crippen LogP contribution is -2.44. The molecule has 0 spiro atoms. The summed E-state index contributed by atoms with van der Waals surface area (Å²) in [5, 5.41) is 3.22. The summed E-state index contributed by atoms with van der Waals surface area (Å²) in [6.45, 7) is 9.62. The molecule has 18 heavy (non-hydrogen) atoms. The quantitative estimate of drug-likeness (QED) is 0.699. The van der Waals surface area contributed by atoms with E-state index in [1.807, 2.05) is 0 Å². The molecule has 0 nitrogen and oxygen atoms in total. The molecule has 0 fully saturated rings. The molecular formula is C17H24Si. The van der Waals surface area contributed by atoms with E-state index in [9.17, 15) is 0 Å². The van der Waals surface area contributed by atoms with Crippen LogP contribution in [0.1, 0.15) is 26.7 Å². The average molecular weight is 256 g/mol. The van der Waals surface area contributed by atoms with Crippen molar-refractivity contribution in [1.82, 2.24) is 0 Å². The van der Waals surface area contributed by atoms with E-state index < -0.39 is 8.07 Å². The van der Waals surface area contributed by atoms with Crippen LogP contribution in [0, 0.1) is 5.92 Å². The Hall–Kier alpha value is -1.08. The van der Waals surface area contributed by atoms with Gasteiger partial charge in [0.1, 0.15) is 8.07 Å². The van der Waals surface area contributed by atoms with E-state index in [1.165, 1.54) is 6.42 Å². The van der Waals surface area contributed by atoms with Gasteiger partial charge in [-0.2, -0.15) is 0 Å². The van der Waals surface area contributed by atoms with E-state index in [4.69, 9.17) is 0 Å². The van der Waals surface area contributed by atoms with Gasteiger partial charge >= 0.3 is 0 Å². The second-order valence-corrected chi connectivity index (χ2v) is 10.2. The van der Waals surface area contributed by atoms with Crippen LogP contribution in [0.15, 0.2) is 53.3 Å². The van der Waals surface area contributed by atoms with Crippen LogP contribution >= 0.6 is 0 Å². The monoisotopic (exact) mass is 256 g/mol. The van der Waals surface area contributed by atoms with Crippen molar-refractivity contribution in [1.29, 1.82) is 0 Å². The number of hydrogen-bond acceptors (Lipinski definition) is 0. The SMILES string of the molecule is CCC(C)C1=CCC=C1[Si](C)(C)c1ccccc1. The van der Waals surface area contributed by atoms with Crippen LogP contribution < -0.4 is 5.19 Å². The van der Waals surface area contributed by atoms with Gasteiger partial charge in [-0.15, -0.1) is 0 Å². The molecular weight excluding hydrogens is 232 g/mol. The van der Waals surface area contributed by atoms with Crippen LogP contribution in [0.3, 0.4) is 0 Å². The number of benzene rings is 1. The van der Waals surface area contributed by atoms with Crippen molar-refractivity contribution < 1.29 is 0 Å². The fourth-order valence-corrected chi connectivity index (χ4v) is 5.88. The van der Waals surface area contributed by atoms with Gasteiger partial charge in [0.2, 0.25) is 0 Å². The summed E-state index contributed by atoms with van der Waals surface area (Å²) in [5.41, 5.74) is 1.62. The second kappa shape index (κ2) is 5.27. The number of allylic oxidation sites excluding steroid dienone is 4. The Labute approximate surface area is 112 Å². The Morgan fingerprint density at radius 1 is 1.11 bits per heavy atom. The van der Waals surface area contributed by atoms with Crippen molar-refractivity contribution in [2.24, 2.45) is 5.92 Å². The van der Waals surface area contributed by atoms with Crippen LogP contribution in [0.25, 0.3) is 0 Å². The van der Waals surface area contributed by atoms with Gasteiger partial charge in [-0.25, -0.2) is 0 Å². The predicted molar refractivity (Wildman–Crippen MR) is 83.8 cm³/mol. The Balaban J connectivity index is 2.34. The standard InChI is InChI=1S/C17H24Si/c1-5-14(2)16-12-9-13-17(16)18(3,4)15-10-7-6-8-11-15/h6-8,10-14H,5,9H2,1-4H3. The van der Waals surface area contributed by atoms with Gasteiger partial charge in [-0.05, 0) is 24.3 Å². The first-order valence-corrected chi connectivity index (χ1v) is 10.0. The van der Waals surface area contributed by atoms with Crippen LogP contribution in [-0.4, -0.2) is 8.07 Å². The van der Waals surface area contributed by atoms with Gasteiger partial charge in [-0.3, -0.25) is 0 Å². The van der Waals surface area contributed by atoms with Crippen LogP contribution in [-0.2, 0) is 0 Å². The third-order valence-corrected chi connectivity index (χ3v) is 7.90. The Morgan fingerprint density at radius 3 is 2.39 bits per heavy atom. The summed E-state index contributed by atoms with van der Waals surface area (Å²) in [4.78, 5) is 0. The molecule has 0 bridgehead atoms. The minimum atomic E-state index is -1.50. The number of hydrogen-bond donors (Lipinski definition) is 0. The highest BCUT2D eigenvalue weighted by atomic mass is 28.3. The highest BCUT2D eigenvalue weighted by molar-refractivity contribution is 6.96. The van der Waals surface area contributed by atoms with Gasteiger partial charge in [0.05, 0.1) is 0 Å². The van der Waals surface area contributed by atoms with Gasteiger partial charge in [0.25, 0.3) is 0 Å². The average Bonchev–Trinajstić information content (AvgIpc) is 2.89. The van der Waals surface area contributed by atoms with Crippen molar-refractivity contribution >= 4 is 13.3 Å². The zero-order chi connectivity index (χ0) is 13.2. The lowest BCUT2D eigenvalue weighted by molar-refractivity contribution is 0.668. The molecule has 0 aromatic heterocycles. The molecule has 1 unspecified atom stereocenters. The van der Waals surface area contributed by atoms with Crippen molar-refractivity contribution in [3.05, 3.63) is 53.3 Å².